The number of nitrogens with two attached hydrogens (primary N) is 1. The predicted molar refractivity (Wildman–Crippen MR) is 46.3 cm³/mol. The monoisotopic (exact) mass is 187 g/mol. The summed E-state index contributed by atoms with van der Waals surface area (Å²) in [5.74, 6) is 4.06. The molecular weight excluding hydrogens is 178 g/mol. The molecule has 0 saturated carbocycles. The van der Waals surface area contributed by atoms with Crippen LogP contribution in [0.3, 0.4) is 0 Å². The Bertz CT molecular complexity index is 297. The molecule has 1 aromatic heterocycles. The van der Waals surface area contributed by atoms with E-state index in [-0.39, 0.29) is 5.69 Å². The van der Waals surface area contributed by atoms with Crippen LogP contribution in [0.2, 0.25) is 0 Å². The summed E-state index contributed by atoms with van der Waals surface area (Å²) in [5, 5.41) is 9.82. The van der Waals surface area contributed by atoms with E-state index in [0.717, 1.165) is 5.01 Å². The fourth-order valence-corrected chi connectivity index (χ4v) is 1.56. The van der Waals surface area contributed by atoms with Gasteiger partial charge >= 0.3 is 5.97 Å². The van der Waals surface area contributed by atoms with Crippen LogP contribution in [-0.4, -0.2) is 16.1 Å². The van der Waals surface area contributed by atoms with Gasteiger partial charge in [-0.05, 0) is 6.42 Å². The smallest absolute Gasteiger partial charge is 0.357 e. The van der Waals surface area contributed by atoms with E-state index in [4.69, 9.17) is 10.9 Å². The fourth-order valence-electron chi connectivity index (χ4n) is 0.758. The number of nitrogens with one attached hydrogen (secondary N) is 1. The van der Waals surface area contributed by atoms with Gasteiger partial charge in [-0.1, -0.05) is 18.3 Å². The second-order valence-electron chi connectivity index (χ2n) is 2.09. The number of hydrazine groups is 1. The highest BCUT2D eigenvalue weighted by Crippen LogP contribution is 2.23. The molecule has 0 atom stereocenters. The summed E-state index contributed by atoms with van der Waals surface area (Å²) in [6.45, 7) is 1.91. The lowest BCUT2D eigenvalue weighted by Crippen LogP contribution is -2.09. The predicted octanol–water partition coefficient (Wildman–Crippen LogP) is 0.689. The third-order valence-corrected chi connectivity index (χ3v) is 2.44. The van der Waals surface area contributed by atoms with Gasteiger partial charge in [-0.25, -0.2) is 15.6 Å². The van der Waals surface area contributed by atoms with Crippen molar-refractivity contribution in [3.8, 4) is 0 Å². The number of anilines is 1. The third-order valence-electron chi connectivity index (χ3n) is 1.31. The first-order valence-corrected chi connectivity index (χ1v) is 4.20. The average Bonchev–Trinajstić information content (AvgIpc) is 2.47. The van der Waals surface area contributed by atoms with Crippen LogP contribution in [0.4, 0.5) is 5.00 Å². The number of hydrogen-bond donors (Lipinski definition) is 3. The number of aromatic carboxylic acids is 1. The molecule has 0 aliphatic rings. The number of carboxylic acids is 1. The van der Waals surface area contributed by atoms with Crippen LogP contribution in [0.1, 0.15) is 22.4 Å². The molecule has 4 N–H and O–H groups in total. The number of aryl methyl sites for hydroxylation is 1. The molecule has 0 spiro atoms. The average molecular weight is 187 g/mol. The van der Waals surface area contributed by atoms with Crippen LogP contribution in [0.5, 0.6) is 0 Å². The molecule has 0 aromatic carbocycles. The molecule has 1 aromatic rings. The lowest BCUT2D eigenvalue weighted by molar-refractivity contribution is 0.0692. The summed E-state index contributed by atoms with van der Waals surface area (Å²) in [4.78, 5) is 14.4. The molecule has 6 heteroatoms. The van der Waals surface area contributed by atoms with Crippen molar-refractivity contribution in [3.05, 3.63) is 10.7 Å². The maximum absolute atomic E-state index is 10.6. The van der Waals surface area contributed by atoms with Crippen LogP contribution in [0.25, 0.3) is 0 Å². The molecule has 0 fully saturated rings. The van der Waals surface area contributed by atoms with Crippen molar-refractivity contribution >= 4 is 22.3 Å². The summed E-state index contributed by atoms with van der Waals surface area (Å²) < 4.78 is 0. The van der Waals surface area contributed by atoms with E-state index in [1.54, 1.807) is 0 Å². The van der Waals surface area contributed by atoms with Gasteiger partial charge in [0.15, 0.2) is 5.69 Å². The highest BCUT2D eigenvalue weighted by atomic mass is 32.1. The zero-order chi connectivity index (χ0) is 9.14. The van der Waals surface area contributed by atoms with Crippen LogP contribution in [0.15, 0.2) is 0 Å². The van der Waals surface area contributed by atoms with Crippen molar-refractivity contribution in [1.29, 1.82) is 0 Å². The number of thiazole rings is 1. The van der Waals surface area contributed by atoms with Crippen molar-refractivity contribution < 1.29 is 9.90 Å². The zero-order valence-electron chi connectivity index (χ0n) is 6.50. The summed E-state index contributed by atoms with van der Waals surface area (Å²) in [7, 11) is 0. The first-order chi connectivity index (χ1) is 5.69. The molecule has 0 aliphatic heterocycles. The molecule has 12 heavy (non-hydrogen) atoms. The summed E-state index contributed by atoms with van der Waals surface area (Å²) in [6, 6.07) is 0. The zero-order valence-corrected chi connectivity index (χ0v) is 7.31. The standard InChI is InChI=1S/C6H9N3O2S/c1-2-3-8-4(6(10)11)5(9-7)12-3/h9H,2,7H2,1H3,(H,10,11). The van der Waals surface area contributed by atoms with Crippen molar-refractivity contribution in [2.75, 3.05) is 5.43 Å². The molecule has 0 radical (unpaired) electrons. The van der Waals surface area contributed by atoms with Crippen molar-refractivity contribution in [2.45, 2.75) is 13.3 Å². The van der Waals surface area contributed by atoms with Crippen molar-refractivity contribution in [3.63, 3.8) is 0 Å². The quantitative estimate of drug-likeness (QED) is 0.478. The number of carboxylic acid groups (broad SMARTS) is 1. The molecule has 0 unspecified atom stereocenters. The number of hydrogen-bond acceptors (Lipinski definition) is 5. The number of nitrogens with zero attached hydrogens (tertiary/aromatic N) is 1. The lowest BCUT2D eigenvalue weighted by atomic mass is 10.4. The Labute approximate surface area is 73.2 Å². The first-order valence-electron chi connectivity index (χ1n) is 3.38. The molecule has 0 saturated heterocycles. The normalized spacial score (nSPS) is 9.83. The van der Waals surface area contributed by atoms with Gasteiger partial charge in [0.05, 0.1) is 5.01 Å². The Morgan fingerprint density at radius 3 is 2.83 bits per heavy atom. The topological polar surface area (TPSA) is 88.2 Å². The second kappa shape index (κ2) is 3.51. The van der Waals surface area contributed by atoms with Gasteiger partial charge in [-0.3, -0.25) is 0 Å². The van der Waals surface area contributed by atoms with E-state index in [0.29, 0.717) is 11.4 Å². The molecule has 1 rings (SSSR count). The third kappa shape index (κ3) is 1.54. The van der Waals surface area contributed by atoms with Gasteiger partial charge in [0.2, 0.25) is 0 Å². The van der Waals surface area contributed by atoms with Gasteiger partial charge < -0.3 is 10.5 Å². The van der Waals surface area contributed by atoms with E-state index in [2.05, 4.69) is 10.4 Å². The summed E-state index contributed by atoms with van der Waals surface area (Å²) in [5.41, 5.74) is 2.31. The van der Waals surface area contributed by atoms with Crippen molar-refractivity contribution in [1.82, 2.24) is 4.98 Å². The summed E-state index contributed by atoms with van der Waals surface area (Å²) >= 11 is 1.26. The van der Waals surface area contributed by atoms with Crippen LogP contribution in [0, 0.1) is 0 Å². The van der Waals surface area contributed by atoms with E-state index in [1.165, 1.54) is 11.3 Å². The number of aromatic nitrogens is 1. The Morgan fingerprint density at radius 1 is 1.83 bits per heavy atom. The molecule has 0 amide bonds. The van der Waals surface area contributed by atoms with Gasteiger partial charge in [-0.15, -0.1) is 0 Å². The number of rotatable bonds is 3. The van der Waals surface area contributed by atoms with Gasteiger partial charge in [-0.2, -0.15) is 0 Å². The minimum atomic E-state index is -1.06. The summed E-state index contributed by atoms with van der Waals surface area (Å²) in [6.07, 6.45) is 0.715. The van der Waals surface area contributed by atoms with E-state index in [1.807, 2.05) is 6.92 Å². The maximum atomic E-state index is 10.6. The van der Waals surface area contributed by atoms with Crippen LogP contribution in [-0.2, 0) is 6.42 Å². The number of nitrogen functional groups attached to an aromatic ring is 1. The van der Waals surface area contributed by atoms with Gasteiger partial charge in [0.25, 0.3) is 0 Å². The Morgan fingerprint density at radius 2 is 2.50 bits per heavy atom. The lowest BCUT2D eigenvalue weighted by Gasteiger charge is -1.92. The molecular formula is C6H9N3O2S. The Balaban J connectivity index is 3.08. The van der Waals surface area contributed by atoms with Crippen LogP contribution < -0.4 is 11.3 Å². The molecule has 66 valence electrons. The Kier molecular flexibility index (Phi) is 2.61. The molecule has 1 heterocycles. The largest absolute Gasteiger partial charge is 0.476 e. The minimum Gasteiger partial charge on any atom is -0.476 e. The van der Waals surface area contributed by atoms with Gasteiger partial charge in [0, 0.05) is 0 Å². The highest BCUT2D eigenvalue weighted by Gasteiger charge is 2.15. The highest BCUT2D eigenvalue weighted by molar-refractivity contribution is 7.16. The SMILES string of the molecule is CCc1nc(C(=O)O)c(NN)s1. The van der Waals surface area contributed by atoms with E-state index >= 15 is 0 Å². The van der Waals surface area contributed by atoms with Crippen molar-refractivity contribution in [2.24, 2.45) is 5.84 Å². The Hall–Kier alpha value is -1.14. The van der Waals surface area contributed by atoms with E-state index < -0.39 is 5.97 Å². The fraction of sp³-hybridized carbons (Fsp3) is 0.333. The van der Waals surface area contributed by atoms with E-state index in [9.17, 15) is 4.79 Å². The molecule has 0 bridgehead atoms. The first kappa shape index (κ1) is 8.95. The second-order valence-corrected chi connectivity index (χ2v) is 3.17. The number of carbonyl (C=O) groups is 1. The van der Waals surface area contributed by atoms with Gasteiger partial charge in [0.1, 0.15) is 5.00 Å². The maximum Gasteiger partial charge on any atom is 0.357 e. The molecule has 0 aliphatic carbocycles. The molecule has 5 nitrogen and oxygen atoms in total. The van der Waals surface area contributed by atoms with Crippen LogP contribution >= 0.6 is 11.3 Å². The minimum absolute atomic E-state index is 0.000602.